The Hall–Kier alpha value is -5.03. The van der Waals surface area contributed by atoms with Crippen molar-refractivity contribution in [2.45, 2.75) is 293 Å². The third kappa shape index (κ3) is 27.0. The van der Waals surface area contributed by atoms with Crippen LogP contribution in [-0.2, 0) is 93.0 Å². The van der Waals surface area contributed by atoms with Gasteiger partial charge in [-0.3, -0.25) is 9.59 Å². The fourth-order valence-electron chi connectivity index (χ4n) is 19.5. The van der Waals surface area contributed by atoms with Gasteiger partial charge >= 0.3 is 67.9 Å². The molecule has 8 aliphatic carbocycles. The van der Waals surface area contributed by atoms with E-state index >= 15 is 0 Å². The number of carbonyl (C=O) groups excluding carboxylic acids is 2. The van der Waals surface area contributed by atoms with Gasteiger partial charge in [-0.15, -0.1) is 0 Å². The number of hydrogen-bond donors (Lipinski definition) is 2. The summed E-state index contributed by atoms with van der Waals surface area (Å²) < 4.78 is 217. The second-order valence-corrected chi connectivity index (χ2v) is 47.4. The van der Waals surface area contributed by atoms with E-state index in [0.717, 1.165) is 59.5 Å². The minimum absolute atomic E-state index is 0. The maximum absolute atomic E-state index is 13.5. The van der Waals surface area contributed by atoms with Crippen molar-refractivity contribution in [1.82, 2.24) is 0 Å². The van der Waals surface area contributed by atoms with Gasteiger partial charge in [-0.25, -0.2) is 26.4 Å². The van der Waals surface area contributed by atoms with Crippen LogP contribution in [-0.4, -0.2) is 143 Å². The summed E-state index contributed by atoms with van der Waals surface area (Å²) >= 11 is 2.14. The van der Waals surface area contributed by atoms with Gasteiger partial charge in [0.1, 0.15) is 10.5 Å². The summed E-state index contributed by atoms with van der Waals surface area (Å²) in [5.41, 5.74) is 3.10. The van der Waals surface area contributed by atoms with E-state index < -0.39 is 90.0 Å². The molecule has 8 saturated carbocycles. The Morgan fingerprint density at radius 1 is 0.434 bits per heavy atom. The number of fused-ring (bicyclic) bond motifs is 4. The molecular formula is C90H115CuF10IO16S4. The zero-order valence-corrected chi connectivity index (χ0v) is 76.9. The zero-order chi connectivity index (χ0) is 89.4. The molecule has 683 valence electrons. The van der Waals surface area contributed by atoms with Gasteiger partial charge in [-0.2, -0.15) is 55.7 Å². The molecule has 12 fully saturated rings. The van der Waals surface area contributed by atoms with Crippen LogP contribution in [0.1, 0.15) is 241 Å². The van der Waals surface area contributed by atoms with Gasteiger partial charge in [0.15, 0.2) is 32.3 Å². The van der Waals surface area contributed by atoms with Crippen LogP contribution < -0.4 is 21.2 Å². The van der Waals surface area contributed by atoms with Crippen LogP contribution in [0.3, 0.4) is 0 Å². The van der Waals surface area contributed by atoms with E-state index in [2.05, 4.69) is 156 Å². The first kappa shape index (κ1) is 102. The van der Waals surface area contributed by atoms with Crippen molar-refractivity contribution in [3.8, 4) is 0 Å². The van der Waals surface area contributed by atoms with Crippen molar-refractivity contribution in [1.29, 1.82) is 0 Å². The molecule has 4 aliphatic heterocycles. The van der Waals surface area contributed by atoms with Crippen molar-refractivity contribution in [3.63, 3.8) is 0 Å². The quantitative estimate of drug-likeness (QED) is 0.0246. The second-order valence-electron chi connectivity index (χ2n) is 37.3. The fourth-order valence-corrected chi connectivity index (χ4v) is 27.8. The summed E-state index contributed by atoms with van der Waals surface area (Å²) in [5, 5.41) is 8.77. The van der Waals surface area contributed by atoms with Gasteiger partial charge in [-0.1, -0.05) is 142 Å². The van der Waals surface area contributed by atoms with E-state index in [4.69, 9.17) is 19.7 Å². The average molecular weight is 1960 g/mol. The Morgan fingerprint density at radius 3 is 0.967 bits per heavy atom. The molecule has 12 bridgehead atoms. The Morgan fingerprint density at radius 2 is 0.713 bits per heavy atom. The van der Waals surface area contributed by atoms with Gasteiger partial charge in [0.25, 0.3) is 12.2 Å². The predicted molar refractivity (Wildman–Crippen MR) is 438 cm³/mol. The maximum Gasteiger partial charge on any atom is 0.432 e. The summed E-state index contributed by atoms with van der Waals surface area (Å²) in [6, 6.07) is 44.6. The molecular weight excluding hydrogens is 1850 g/mol. The van der Waals surface area contributed by atoms with Gasteiger partial charge in [0, 0.05) is 65.5 Å². The number of hydrogen-bond acceptors (Lipinski definition) is 15. The Balaban J connectivity index is 0.000000182. The molecule has 6 unspecified atom stereocenters. The molecule has 2 N–H and O–H groups in total. The number of benzene rings is 5. The summed E-state index contributed by atoms with van der Waals surface area (Å²) in [6.45, 7) is 20.5. The van der Waals surface area contributed by atoms with Crippen molar-refractivity contribution >= 4 is 66.8 Å². The molecule has 32 heteroatoms. The van der Waals surface area contributed by atoms with Gasteiger partial charge in [-0.05, 0) is 251 Å². The molecule has 0 spiro atoms. The number of carboxylic acids is 2. The molecule has 5 aromatic rings. The summed E-state index contributed by atoms with van der Waals surface area (Å²) in [5.74, 6) is -3.92. The molecule has 0 amide bonds. The van der Waals surface area contributed by atoms with Crippen molar-refractivity contribution in [2.24, 2.45) is 46.3 Å². The largest absolute Gasteiger partial charge is 0.743 e. The normalized spacial score (nSPS) is 28.0. The molecule has 4 saturated heterocycles. The first-order chi connectivity index (χ1) is 56.1. The van der Waals surface area contributed by atoms with E-state index in [1.807, 2.05) is 14.2 Å². The molecule has 17 rings (SSSR count). The third-order valence-corrected chi connectivity index (χ3v) is 34.1. The molecule has 6 atom stereocenters. The number of carbonyl (C=O) groups is 4. The van der Waals surface area contributed by atoms with Gasteiger partial charge in [0.05, 0.1) is 34.2 Å². The first-order valence-corrected chi connectivity index (χ1v) is 48.6. The minimum atomic E-state index is -6.67. The molecule has 5 aromatic carbocycles. The number of ether oxygens (including phenoxy) is 4. The van der Waals surface area contributed by atoms with Crippen LogP contribution in [0.4, 0.5) is 43.9 Å². The van der Waals surface area contributed by atoms with E-state index in [1.165, 1.54) is 88.0 Å². The Labute approximate surface area is 739 Å². The van der Waals surface area contributed by atoms with Crippen LogP contribution >= 0.6 is 11.8 Å². The van der Waals surface area contributed by atoms with Crippen LogP contribution in [0.2, 0.25) is 0 Å². The zero-order valence-electron chi connectivity index (χ0n) is 70.5. The van der Waals surface area contributed by atoms with Crippen LogP contribution in [0, 0.1) is 53.5 Å². The number of esters is 2. The van der Waals surface area contributed by atoms with E-state index in [0.29, 0.717) is 34.2 Å². The topological polar surface area (TPSA) is 260 Å². The SMILES string of the molecule is CC(C)(C)c1ccc([I+]c2ccc(C(C)(C)C)cc2)cc1.COC1CC2CCCC(C1)S2.COC1CC2CCCC(C1)[S+]2c1ccc(C(C)(C)C)cc1.O=C(O)c1ccccc1.O=C(O)c1ccccc1.O=C(OC(C(F)(F)F)C(F)(F)S(=O)(=O)[O-])C12CC3CC(CC(C3)C1)C2.O=C(OC(C(F)(F)F)C(F)(F)S(=O)(=O)[O-])C12CC3CC(CC(C3)C1)C2.[Cu]. The number of rotatable bonds is 15. The fraction of sp³-hybridized carbons (Fsp3) is 0.622. The summed E-state index contributed by atoms with van der Waals surface area (Å²) in [7, 11) is -9.13. The minimum Gasteiger partial charge on any atom is -0.743 e. The summed E-state index contributed by atoms with van der Waals surface area (Å²) in [6.07, 6.45) is 0.985. The van der Waals surface area contributed by atoms with E-state index in [9.17, 15) is 89.0 Å². The number of alkyl halides is 10. The van der Waals surface area contributed by atoms with Gasteiger partial charge < -0.3 is 38.3 Å². The summed E-state index contributed by atoms with van der Waals surface area (Å²) in [4.78, 5) is 46.8. The molecule has 12 aliphatic rings. The number of carboxylic acid groups (broad SMARTS) is 2. The smallest absolute Gasteiger partial charge is 0.432 e. The first-order valence-electron chi connectivity index (χ1n) is 41.3. The van der Waals surface area contributed by atoms with Crippen LogP contribution in [0.15, 0.2) is 138 Å². The van der Waals surface area contributed by atoms with Crippen molar-refractivity contribution < 1.29 is 156 Å². The van der Waals surface area contributed by atoms with E-state index in [-0.39, 0.29) is 129 Å². The molecule has 1 radical (unpaired) electrons. The molecule has 4 heterocycles. The molecule has 16 nitrogen and oxygen atoms in total. The number of halogens is 11. The van der Waals surface area contributed by atoms with Gasteiger partial charge in [0.2, 0.25) is 0 Å². The Kier molecular flexibility index (Phi) is 34.9. The van der Waals surface area contributed by atoms with Crippen LogP contribution in [0.25, 0.3) is 0 Å². The average Bonchev–Trinajstić information content (AvgIpc) is 0.735. The molecule has 0 aromatic heterocycles. The van der Waals surface area contributed by atoms with Crippen molar-refractivity contribution in [2.75, 3.05) is 14.2 Å². The van der Waals surface area contributed by atoms with E-state index in [1.54, 1.807) is 65.6 Å². The standard InChI is InChI=1S/C20H26I.C19H29OS.2C14H17F5O5S.C9H16OS.2C7H6O2.Cu/c1-19(2,3)15-7-11-17(12-8-15)21-18-13-9-16(10-14-18)20(4,5)6;1-19(2,3)14-8-10-16(11-9-14)21-17-6-5-7-18(21)13-15(12-17)20-4;2*15-13(16,17)10(14(18,19)25(21,22)23)24-11(20)12-4-7-1-8(5-12)3-9(2-7)6-12;1-10-7-5-8-3-2-4-9(6-7)11-8;2*8-7(9)6-4-2-1-3-5-6;/h7-14H,1-6H3;8-11,15,17-18H,5-7,12-13H2,1-4H3;2*7-10H,1-6H2,(H,21,22,23);7-9H,2-6H2,1H3;2*1-5H,(H,8,9);/q2*+1;;;;;;/p-2. The molecule has 122 heavy (non-hydrogen) atoms. The van der Waals surface area contributed by atoms with Crippen molar-refractivity contribution in [3.05, 3.63) is 168 Å². The predicted octanol–water partition coefficient (Wildman–Crippen LogP) is 17.9. The second kappa shape index (κ2) is 41.6. The maximum atomic E-state index is 13.5. The van der Waals surface area contributed by atoms with Crippen LogP contribution in [0.5, 0.6) is 0 Å². The Bertz CT molecular complexity index is 4170. The number of aromatic carboxylic acids is 2. The third-order valence-electron chi connectivity index (χ3n) is 24.9. The number of methoxy groups -OCH3 is 2. The monoisotopic (exact) mass is 1960 g/mol. The number of thioether (sulfide) groups is 1.